The number of hydrogen-bond acceptors (Lipinski definition) is 3. The van der Waals surface area contributed by atoms with Crippen LogP contribution in [0.1, 0.15) is 12.5 Å². The second kappa shape index (κ2) is 8.13. The summed E-state index contributed by atoms with van der Waals surface area (Å²) in [7, 11) is 1.37. The molecule has 0 aliphatic rings. The third-order valence-corrected chi connectivity index (χ3v) is 2.70. The van der Waals surface area contributed by atoms with Crippen LogP contribution in [0.5, 0.6) is 0 Å². The number of nitrogens with two attached hydrogens (primary N) is 1. The summed E-state index contributed by atoms with van der Waals surface area (Å²) in [5.41, 5.74) is 6.96. The summed E-state index contributed by atoms with van der Waals surface area (Å²) in [6, 6.07) is 10.1. The highest BCUT2D eigenvalue weighted by molar-refractivity contribution is 5.78. The molecule has 0 heterocycles. The molecule has 1 rings (SSSR count). The maximum Gasteiger partial charge on any atom is 0.310 e. The molecule has 0 aliphatic carbocycles. The first kappa shape index (κ1) is 15.0. The fraction of sp³-hybridized carbons (Fsp3) is 0.429. The fourth-order valence-electron chi connectivity index (χ4n) is 1.55. The van der Waals surface area contributed by atoms with Crippen molar-refractivity contribution in [3.63, 3.8) is 0 Å². The molecule has 1 unspecified atom stereocenters. The lowest BCUT2D eigenvalue weighted by Gasteiger charge is -2.08. The molecule has 0 bridgehead atoms. The molecule has 1 atom stereocenters. The summed E-state index contributed by atoms with van der Waals surface area (Å²) in [5.74, 6) is -0.202. The minimum atomic E-state index is -0.278. The smallest absolute Gasteiger partial charge is 0.310 e. The highest BCUT2D eigenvalue weighted by Gasteiger charge is 2.11. The number of rotatable bonds is 6. The van der Waals surface area contributed by atoms with E-state index in [9.17, 15) is 4.79 Å². The Morgan fingerprint density at radius 1 is 1.42 bits per heavy atom. The first-order chi connectivity index (χ1) is 9.13. The van der Waals surface area contributed by atoms with Crippen LogP contribution in [-0.4, -0.2) is 32.1 Å². The van der Waals surface area contributed by atoms with Crippen molar-refractivity contribution in [2.24, 2.45) is 16.6 Å². The first-order valence-electron chi connectivity index (χ1n) is 6.29. The molecule has 19 heavy (non-hydrogen) atoms. The molecule has 0 saturated heterocycles. The minimum absolute atomic E-state index is 0.277. The standard InChI is InChI=1S/C14H21N3O2/c1-11(13(18)19-2)10-17-14(15)16-9-8-12-6-4-3-5-7-12/h3-7,11H,8-10H2,1-2H3,(H3,15,16,17). The van der Waals surface area contributed by atoms with Gasteiger partial charge in [0.25, 0.3) is 0 Å². The van der Waals surface area contributed by atoms with Gasteiger partial charge in [-0.1, -0.05) is 37.3 Å². The van der Waals surface area contributed by atoms with Crippen LogP contribution >= 0.6 is 0 Å². The zero-order valence-corrected chi connectivity index (χ0v) is 11.4. The Labute approximate surface area is 113 Å². The van der Waals surface area contributed by atoms with E-state index < -0.39 is 0 Å². The largest absolute Gasteiger partial charge is 0.469 e. The second-order valence-electron chi connectivity index (χ2n) is 4.31. The van der Waals surface area contributed by atoms with Gasteiger partial charge in [0, 0.05) is 6.54 Å². The van der Waals surface area contributed by atoms with Gasteiger partial charge in [-0.05, 0) is 12.0 Å². The molecule has 0 aromatic heterocycles. The molecule has 5 heteroatoms. The highest BCUT2D eigenvalue weighted by atomic mass is 16.5. The monoisotopic (exact) mass is 263 g/mol. The van der Waals surface area contributed by atoms with Gasteiger partial charge < -0.3 is 15.8 Å². The third-order valence-electron chi connectivity index (χ3n) is 2.70. The molecule has 104 valence electrons. The number of carbonyl (C=O) groups is 1. The van der Waals surface area contributed by atoms with Crippen molar-refractivity contribution in [1.29, 1.82) is 0 Å². The van der Waals surface area contributed by atoms with E-state index in [0.29, 0.717) is 19.0 Å². The van der Waals surface area contributed by atoms with E-state index in [1.807, 2.05) is 18.2 Å². The van der Waals surface area contributed by atoms with Crippen molar-refractivity contribution in [3.05, 3.63) is 35.9 Å². The van der Waals surface area contributed by atoms with Gasteiger partial charge in [0.05, 0.1) is 19.6 Å². The van der Waals surface area contributed by atoms with Crippen molar-refractivity contribution in [3.8, 4) is 0 Å². The summed E-state index contributed by atoms with van der Waals surface area (Å²) in [4.78, 5) is 15.3. The van der Waals surface area contributed by atoms with Crippen molar-refractivity contribution in [2.75, 3.05) is 20.2 Å². The Morgan fingerprint density at radius 3 is 2.74 bits per heavy atom. The molecule has 0 saturated carbocycles. The highest BCUT2D eigenvalue weighted by Crippen LogP contribution is 1.99. The van der Waals surface area contributed by atoms with Crippen LogP contribution in [0.4, 0.5) is 0 Å². The Morgan fingerprint density at radius 2 is 2.11 bits per heavy atom. The molecule has 0 radical (unpaired) electrons. The third kappa shape index (κ3) is 5.90. The predicted molar refractivity (Wildman–Crippen MR) is 75.8 cm³/mol. The number of ether oxygens (including phenoxy) is 1. The van der Waals surface area contributed by atoms with Crippen LogP contribution in [0.2, 0.25) is 0 Å². The normalized spacial score (nSPS) is 12.8. The molecule has 1 aromatic rings. The van der Waals surface area contributed by atoms with Crippen LogP contribution in [0.25, 0.3) is 0 Å². The van der Waals surface area contributed by atoms with Gasteiger partial charge in [-0.25, -0.2) is 0 Å². The van der Waals surface area contributed by atoms with E-state index in [-0.39, 0.29) is 11.9 Å². The van der Waals surface area contributed by atoms with Crippen LogP contribution < -0.4 is 11.1 Å². The Balaban J connectivity index is 2.27. The topological polar surface area (TPSA) is 76.7 Å². The van der Waals surface area contributed by atoms with Gasteiger partial charge in [-0.2, -0.15) is 0 Å². The van der Waals surface area contributed by atoms with E-state index in [4.69, 9.17) is 5.73 Å². The number of nitrogens with zero attached hydrogens (tertiary/aromatic N) is 1. The number of methoxy groups -OCH3 is 1. The summed E-state index contributed by atoms with van der Waals surface area (Å²) >= 11 is 0. The summed E-state index contributed by atoms with van der Waals surface area (Å²) in [6.07, 6.45) is 0.879. The van der Waals surface area contributed by atoms with Gasteiger partial charge in [0.2, 0.25) is 0 Å². The van der Waals surface area contributed by atoms with E-state index >= 15 is 0 Å². The van der Waals surface area contributed by atoms with Crippen LogP contribution in [0.3, 0.4) is 0 Å². The van der Waals surface area contributed by atoms with Gasteiger partial charge in [-0.15, -0.1) is 0 Å². The van der Waals surface area contributed by atoms with Crippen molar-refractivity contribution < 1.29 is 9.53 Å². The van der Waals surface area contributed by atoms with Gasteiger partial charge in [0.1, 0.15) is 0 Å². The van der Waals surface area contributed by atoms with Crippen molar-refractivity contribution in [1.82, 2.24) is 5.32 Å². The van der Waals surface area contributed by atoms with Gasteiger partial charge >= 0.3 is 5.97 Å². The Kier molecular flexibility index (Phi) is 6.43. The number of aliphatic imine (C=N–C) groups is 1. The van der Waals surface area contributed by atoms with E-state index in [1.165, 1.54) is 12.7 Å². The van der Waals surface area contributed by atoms with Gasteiger partial charge in [-0.3, -0.25) is 9.79 Å². The second-order valence-corrected chi connectivity index (χ2v) is 4.31. The average molecular weight is 263 g/mol. The molecule has 5 nitrogen and oxygen atoms in total. The van der Waals surface area contributed by atoms with Crippen molar-refractivity contribution in [2.45, 2.75) is 13.3 Å². The summed E-state index contributed by atoms with van der Waals surface area (Å²) in [5, 5.41) is 3.02. The number of hydrogen-bond donors (Lipinski definition) is 2. The molecule has 0 aliphatic heterocycles. The lowest BCUT2D eigenvalue weighted by Crippen LogP contribution is -2.34. The van der Waals surface area contributed by atoms with Crippen LogP contribution in [0, 0.1) is 5.92 Å². The Bertz CT molecular complexity index is 418. The lowest BCUT2D eigenvalue weighted by molar-refractivity contribution is -0.144. The van der Waals surface area contributed by atoms with E-state index in [1.54, 1.807) is 6.92 Å². The van der Waals surface area contributed by atoms with Crippen LogP contribution in [0.15, 0.2) is 35.3 Å². The van der Waals surface area contributed by atoms with Crippen LogP contribution in [-0.2, 0) is 16.0 Å². The van der Waals surface area contributed by atoms with E-state index in [0.717, 1.165) is 6.42 Å². The molecule has 1 aromatic carbocycles. The zero-order valence-electron chi connectivity index (χ0n) is 11.4. The maximum atomic E-state index is 11.2. The maximum absolute atomic E-state index is 11.2. The SMILES string of the molecule is COC(=O)C(C)CN=C(N)NCCc1ccccc1. The molecular formula is C14H21N3O2. The fourth-order valence-corrected chi connectivity index (χ4v) is 1.55. The molecule has 3 N–H and O–H groups in total. The minimum Gasteiger partial charge on any atom is -0.469 e. The molecule has 0 fully saturated rings. The van der Waals surface area contributed by atoms with E-state index in [2.05, 4.69) is 27.2 Å². The average Bonchev–Trinajstić information content (AvgIpc) is 2.45. The zero-order chi connectivity index (χ0) is 14.1. The van der Waals surface area contributed by atoms with Gasteiger partial charge in [0.15, 0.2) is 5.96 Å². The lowest BCUT2D eigenvalue weighted by atomic mass is 10.1. The van der Waals surface area contributed by atoms with Crippen molar-refractivity contribution >= 4 is 11.9 Å². The quantitative estimate of drug-likeness (QED) is 0.455. The number of nitrogens with one attached hydrogen (secondary N) is 1. The predicted octanol–water partition coefficient (Wildman–Crippen LogP) is 0.943. The number of benzene rings is 1. The number of guanidine groups is 1. The number of esters is 1. The molecule has 0 spiro atoms. The summed E-state index contributed by atoms with van der Waals surface area (Å²) < 4.78 is 4.61. The molecule has 0 amide bonds. The molecular weight excluding hydrogens is 242 g/mol. The Hall–Kier alpha value is -2.04. The number of carbonyl (C=O) groups excluding carboxylic acids is 1. The first-order valence-corrected chi connectivity index (χ1v) is 6.29. The summed E-state index contributed by atoms with van der Waals surface area (Å²) in [6.45, 7) is 2.80.